The molecule has 3 rings (SSSR count). The molecule has 17 heavy (non-hydrogen) atoms. The van der Waals surface area contributed by atoms with E-state index in [1.54, 1.807) is 11.3 Å². The number of benzene rings is 1. The lowest BCUT2D eigenvalue weighted by atomic mass is 10.0. The molecule has 4 heteroatoms. The van der Waals surface area contributed by atoms with Crippen molar-refractivity contribution < 1.29 is 4.74 Å². The van der Waals surface area contributed by atoms with E-state index < -0.39 is 0 Å². The van der Waals surface area contributed by atoms with Crippen molar-refractivity contribution in [1.29, 1.82) is 0 Å². The van der Waals surface area contributed by atoms with E-state index in [0.717, 1.165) is 23.8 Å². The lowest BCUT2D eigenvalue weighted by molar-refractivity contribution is 0.357. The highest BCUT2D eigenvalue weighted by molar-refractivity contribution is 7.09. The van der Waals surface area contributed by atoms with Crippen molar-refractivity contribution in [1.82, 2.24) is 10.3 Å². The molecule has 88 valence electrons. The number of aromatic nitrogens is 1. The second-order valence-electron chi connectivity index (χ2n) is 4.06. The number of ether oxygens (including phenoxy) is 1. The van der Waals surface area contributed by atoms with Crippen LogP contribution in [0.25, 0.3) is 0 Å². The summed E-state index contributed by atoms with van der Waals surface area (Å²) >= 11 is 1.68. The highest BCUT2D eigenvalue weighted by Crippen LogP contribution is 2.30. The van der Waals surface area contributed by atoms with Crippen LogP contribution < -0.4 is 10.1 Å². The fourth-order valence-corrected chi connectivity index (χ4v) is 2.97. The Bertz CT molecular complexity index is 510. The number of fused-ring (bicyclic) bond motifs is 1. The Morgan fingerprint density at radius 1 is 1.47 bits per heavy atom. The van der Waals surface area contributed by atoms with Gasteiger partial charge in [0.15, 0.2) is 0 Å². The SMILES string of the molecule is CNC(c1ccc2c(c1)CCO2)c1nccs1. The topological polar surface area (TPSA) is 34.1 Å². The average Bonchev–Trinajstić information content (AvgIpc) is 2.99. The van der Waals surface area contributed by atoms with E-state index >= 15 is 0 Å². The van der Waals surface area contributed by atoms with Crippen LogP contribution in [0.4, 0.5) is 0 Å². The van der Waals surface area contributed by atoms with Crippen LogP contribution in [0.3, 0.4) is 0 Å². The zero-order valence-corrected chi connectivity index (χ0v) is 10.5. The highest BCUT2D eigenvalue weighted by Gasteiger charge is 2.18. The maximum atomic E-state index is 5.52. The molecule has 2 heterocycles. The quantitative estimate of drug-likeness (QED) is 0.903. The predicted molar refractivity (Wildman–Crippen MR) is 68.7 cm³/mol. The third kappa shape index (κ3) is 1.94. The van der Waals surface area contributed by atoms with Crippen LogP contribution in [0.2, 0.25) is 0 Å². The van der Waals surface area contributed by atoms with Gasteiger partial charge in [-0.25, -0.2) is 4.98 Å². The van der Waals surface area contributed by atoms with E-state index in [0.29, 0.717) is 0 Å². The molecule has 1 aliphatic heterocycles. The van der Waals surface area contributed by atoms with Gasteiger partial charge in [-0.05, 0) is 30.3 Å². The maximum absolute atomic E-state index is 5.52. The van der Waals surface area contributed by atoms with Crippen LogP contribution in [0.5, 0.6) is 5.75 Å². The van der Waals surface area contributed by atoms with Gasteiger partial charge in [-0.1, -0.05) is 6.07 Å². The molecule has 1 aromatic heterocycles. The molecule has 1 unspecified atom stereocenters. The van der Waals surface area contributed by atoms with Crippen LogP contribution >= 0.6 is 11.3 Å². The van der Waals surface area contributed by atoms with Gasteiger partial charge in [0.1, 0.15) is 10.8 Å². The lowest BCUT2D eigenvalue weighted by Crippen LogP contribution is -2.17. The van der Waals surface area contributed by atoms with Gasteiger partial charge in [0.2, 0.25) is 0 Å². The van der Waals surface area contributed by atoms with E-state index in [-0.39, 0.29) is 6.04 Å². The molecular formula is C13H14N2OS. The summed E-state index contributed by atoms with van der Waals surface area (Å²) in [5, 5.41) is 6.43. The molecular weight excluding hydrogens is 232 g/mol. The summed E-state index contributed by atoms with van der Waals surface area (Å²) in [6.07, 6.45) is 2.86. The monoisotopic (exact) mass is 246 g/mol. The smallest absolute Gasteiger partial charge is 0.122 e. The summed E-state index contributed by atoms with van der Waals surface area (Å²) in [4.78, 5) is 4.38. The molecule has 1 atom stereocenters. The highest BCUT2D eigenvalue weighted by atomic mass is 32.1. The van der Waals surface area contributed by atoms with Crippen LogP contribution in [0.15, 0.2) is 29.8 Å². The van der Waals surface area contributed by atoms with Crippen molar-refractivity contribution in [2.75, 3.05) is 13.7 Å². The Morgan fingerprint density at radius 2 is 2.41 bits per heavy atom. The minimum atomic E-state index is 0.181. The van der Waals surface area contributed by atoms with Crippen LogP contribution in [-0.2, 0) is 6.42 Å². The minimum Gasteiger partial charge on any atom is -0.493 e. The van der Waals surface area contributed by atoms with Crippen LogP contribution in [0.1, 0.15) is 22.2 Å². The van der Waals surface area contributed by atoms with Crippen molar-refractivity contribution in [3.63, 3.8) is 0 Å². The van der Waals surface area contributed by atoms with Crippen molar-refractivity contribution in [2.45, 2.75) is 12.5 Å². The largest absolute Gasteiger partial charge is 0.493 e. The molecule has 2 aromatic rings. The Hall–Kier alpha value is -1.39. The molecule has 1 aliphatic rings. The summed E-state index contributed by atoms with van der Waals surface area (Å²) in [6.45, 7) is 0.806. The van der Waals surface area contributed by atoms with Gasteiger partial charge in [-0.2, -0.15) is 0 Å². The molecule has 0 radical (unpaired) electrons. The normalized spacial score (nSPS) is 15.4. The first kappa shape index (κ1) is 10.7. The van der Waals surface area contributed by atoms with Crippen molar-refractivity contribution in [3.8, 4) is 5.75 Å². The molecule has 0 spiro atoms. The van der Waals surface area contributed by atoms with Crippen molar-refractivity contribution in [2.24, 2.45) is 0 Å². The molecule has 0 fully saturated rings. The molecule has 0 aliphatic carbocycles. The summed E-state index contributed by atoms with van der Waals surface area (Å²) in [5.41, 5.74) is 2.56. The van der Waals surface area contributed by atoms with Gasteiger partial charge in [0, 0.05) is 18.0 Å². The second kappa shape index (κ2) is 4.47. The van der Waals surface area contributed by atoms with E-state index in [1.807, 2.05) is 18.6 Å². The average molecular weight is 246 g/mol. The number of rotatable bonds is 3. The maximum Gasteiger partial charge on any atom is 0.122 e. The fourth-order valence-electron chi connectivity index (χ4n) is 2.20. The summed E-state index contributed by atoms with van der Waals surface area (Å²) < 4.78 is 5.52. The predicted octanol–water partition coefficient (Wildman–Crippen LogP) is 2.39. The standard InChI is InChI=1S/C13H14N2OS/c1-14-12(13-15-5-7-17-13)10-2-3-11-9(8-10)4-6-16-11/h2-3,5,7-8,12,14H,4,6H2,1H3. The zero-order chi connectivity index (χ0) is 11.7. The van der Waals surface area contributed by atoms with E-state index in [9.17, 15) is 0 Å². The van der Waals surface area contributed by atoms with E-state index in [1.165, 1.54) is 11.1 Å². The summed E-state index contributed by atoms with van der Waals surface area (Å²) in [5.74, 6) is 1.03. The molecule has 0 amide bonds. The molecule has 3 nitrogen and oxygen atoms in total. The van der Waals surface area contributed by atoms with Gasteiger partial charge in [-0.15, -0.1) is 11.3 Å². The third-order valence-electron chi connectivity index (χ3n) is 3.03. The minimum absolute atomic E-state index is 0.181. The van der Waals surface area contributed by atoms with Crippen LogP contribution in [0, 0.1) is 0 Å². The Labute approximate surface area is 104 Å². The van der Waals surface area contributed by atoms with E-state index in [4.69, 9.17) is 4.74 Å². The second-order valence-corrected chi connectivity index (χ2v) is 4.98. The van der Waals surface area contributed by atoms with Crippen molar-refractivity contribution >= 4 is 11.3 Å². The Balaban J connectivity index is 1.97. The molecule has 1 aromatic carbocycles. The molecule has 1 N–H and O–H groups in total. The summed E-state index contributed by atoms with van der Waals surface area (Å²) in [6, 6.07) is 6.59. The Kier molecular flexibility index (Phi) is 2.82. The molecule has 0 saturated carbocycles. The van der Waals surface area contributed by atoms with Crippen molar-refractivity contribution in [3.05, 3.63) is 45.9 Å². The summed E-state index contributed by atoms with van der Waals surface area (Å²) in [7, 11) is 1.97. The first-order valence-electron chi connectivity index (χ1n) is 5.71. The Morgan fingerprint density at radius 3 is 3.18 bits per heavy atom. The zero-order valence-electron chi connectivity index (χ0n) is 9.64. The van der Waals surface area contributed by atoms with Crippen LogP contribution in [-0.4, -0.2) is 18.6 Å². The van der Waals surface area contributed by atoms with Gasteiger partial charge in [-0.3, -0.25) is 0 Å². The van der Waals surface area contributed by atoms with Gasteiger partial charge >= 0.3 is 0 Å². The fraction of sp³-hybridized carbons (Fsp3) is 0.308. The third-order valence-corrected chi connectivity index (χ3v) is 3.87. The number of nitrogens with one attached hydrogen (secondary N) is 1. The van der Waals surface area contributed by atoms with E-state index in [2.05, 4.69) is 28.5 Å². The number of nitrogens with zero attached hydrogens (tertiary/aromatic N) is 1. The molecule has 0 bridgehead atoms. The lowest BCUT2D eigenvalue weighted by Gasteiger charge is -2.14. The van der Waals surface area contributed by atoms with Gasteiger partial charge in [0.25, 0.3) is 0 Å². The first-order chi connectivity index (χ1) is 8.38. The van der Waals surface area contributed by atoms with Gasteiger partial charge < -0.3 is 10.1 Å². The first-order valence-corrected chi connectivity index (χ1v) is 6.59. The number of hydrogen-bond donors (Lipinski definition) is 1. The molecule has 0 saturated heterocycles. The number of thiazole rings is 1. The number of hydrogen-bond acceptors (Lipinski definition) is 4. The van der Waals surface area contributed by atoms with Gasteiger partial charge in [0.05, 0.1) is 12.6 Å².